The van der Waals surface area contributed by atoms with E-state index in [-0.39, 0.29) is 11.5 Å². The van der Waals surface area contributed by atoms with Crippen molar-refractivity contribution in [1.82, 2.24) is 4.31 Å². The van der Waals surface area contributed by atoms with Crippen molar-refractivity contribution >= 4 is 10.0 Å². The van der Waals surface area contributed by atoms with Gasteiger partial charge in [0.05, 0.1) is 24.2 Å². The Kier molecular flexibility index (Phi) is 5.23. The lowest BCUT2D eigenvalue weighted by atomic mass is 10.2. The first-order valence-corrected chi connectivity index (χ1v) is 8.31. The van der Waals surface area contributed by atoms with Crippen LogP contribution in [0.2, 0.25) is 0 Å². The van der Waals surface area contributed by atoms with Gasteiger partial charge in [-0.1, -0.05) is 11.8 Å². The lowest BCUT2D eigenvalue weighted by Gasteiger charge is -2.16. The van der Waals surface area contributed by atoms with Crippen LogP contribution in [0, 0.1) is 11.8 Å². The first-order valence-electron chi connectivity index (χ1n) is 6.87. The van der Waals surface area contributed by atoms with Crippen LogP contribution >= 0.6 is 0 Å². The summed E-state index contributed by atoms with van der Waals surface area (Å²) < 4.78 is 31.7. The van der Waals surface area contributed by atoms with Crippen molar-refractivity contribution in [3.8, 4) is 17.6 Å². The van der Waals surface area contributed by atoms with Crippen molar-refractivity contribution in [3.05, 3.63) is 23.8 Å². The molecular weight excluding hydrogens is 290 g/mol. The van der Waals surface area contributed by atoms with Crippen LogP contribution in [-0.2, 0) is 10.0 Å². The zero-order valence-electron chi connectivity index (χ0n) is 12.0. The quantitative estimate of drug-likeness (QED) is 0.849. The topological polar surface area (TPSA) is 66.8 Å². The van der Waals surface area contributed by atoms with Crippen LogP contribution in [-0.4, -0.2) is 44.6 Å². The van der Waals surface area contributed by atoms with E-state index in [0.717, 1.165) is 12.8 Å². The van der Waals surface area contributed by atoms with Gasteiger partial charge < -0.3 is 9.84 Å². The molecule has 0 amide bonds. The van der Waals surface area contributed by atoms with Crippen LogP contribution in [0.15, 0.2) is 23.1 Å². The third kappa shape index (κ3) is 3.56. The number of nitrogens with zero attached hydrogens (tertiary/aromatic N) is 1. The van der Waals surface area contributed by atoms with Crippen molar-refractivity contribution in [2.45, 2.75) is 24.2 Å². The van der Waals surface area contributed by atoms with E-state index in [0.29, 0.717) is 30.8 Å². The Morgan fingerprint density at radius 3 is 2.67 bits per heavy atom. The molecule has 0 radical (unpaired) electrons. The van der Waals surface area contributed by atoms with E-state index in [9.17, 15) is 8.42 Å². The number of methoxy groups -OCH3 is 1. The molecule has 1 N–H and O–H groups in total. The molecule has 1 fully saturated rings. The fourth-order valence-electron chi connectivity index (χ4n) is 2.24. The van der Waals surface area contributed by atoms with Crippen molar-refractivity contribution in [3.63, 3.8) is 0 Å². The predicted molar refractivity (Wildman–Crippen MR) is 79.6 cm³/mol. The van der Waals surface area contributed by atoms with E-state index in [1.807, 2.05) is 0 Å². The minimum atomic E-state index is -3.46. The summed E-state index contributed by atoms with van der Waals surface area (Å²) in [5.41, 5.74) is 0.520. The van der Waals surface area contributed by atoms with Gasteiger partial charge in [-0.3, -0.25) is 0 Å². The van der Waals surface area contributed by atoms with Crippen molar-refractivity contribution in [2.24, 2.45) is 0 Å². The smallest absolute Gasteiger partial charge is 0.243 e. The van der Waals surface area contributed by atoms with Gasteiger partial charge in [-0.05, 0) is 31.0 Å². The number of ether oxygens (including phenoxy) is 1. The van der Waals surface area contributed by atoms with Crippen LogP contribution in [0.1, 0.15) is 24.8 Å². The SMILES string of the molecule is COc1ccc(S(=O)(=O)N2CCCC2)cc1C#CCCO. The summed E-state index contributed by atoms with van der Waals surface area (Å²) in [4.78, 5) is 0.235. The van der Waals surface area contributed by atoms with Crippen LogP contribution < -0.4 is 4.74 Å². The molecule has 5 nitrogen and oxygen atoms in total. The Morgan fingerprint density at radius 1 is 1.33 bits per heavy atom. The Morgan fingerprint density at radius 2 is 2.05 bits per heavy atom. The predicted octanol–water partition coefficient (Wildman–Crippen LogP) is 1.21. The maximum Gasteiger partial charge on any atom is 0.243 e. The molecule has 0 atom stereocenters. The molecule has 1 heterocycles. The molecular formula is C15H19NO4S. The maximum atomic E-state index is 12.5. The summed E-state index contributed by atoms with van der Waals surface area (Å²) in [6.07, 6.45) is 2.14. The molecule has 0 aliphatic carbocycles. The molecule has 0 spiro atoms. The van der Waals surface area contributed by atoms with Gasteiger partial charge in [-0.15, -0.1) is 0 Å². The van der Waals surface area contributed by atoms with Gasteiger partial charge >= 0.3 is 0 Å². The van der Waals surface area contributed by atoms with Crippen molar-refractivity contribution in [2.75, 3.05) is 26.8 Å². The zero-order valence-corrected chi connectivity index (χ0v) is 12.8. The summed E-state index contributed by atoms with van der Waals surface area (Å²) in [6.45, 7) is 1.11. The number of hydrogen-bond acceptors (Lipinski definition) is 4. The average Bonchev–Trinajstić information content (AvgIpc) is 3.02. The largest absolute Gasteiger partial charge is 0.495 e. The zero-order chi connectivity index (χ0) is 15.3. The number of benzene rings is 1. The van der Waals surface area contributed by atoms with Gasteiger partial charge in [-0.25, -0.2) is 8.42 Å². The summed E-state index contributed by atoms with van der Waals surface area (Å²) in [5.74, 6) is 6.16. The summed E-state index contributed by atoms with van der Waals surface area (Å²) in [6, 6.07) is 4.70. The average molecular weight is 309 g/mol. The second-order valence-electron chi connectivity index (χ2n) is 4.75. The van der Waals surface area contributed by atoms with E-state index in [4.69, 9.17) is 9.84 Å². The van der Waals surface area contributed by atoms with Gasteiger partial charge in [0.2, 0.25) is 10.0 Å². The summed E-state index contributed by atoms with van der Waals surface area (Å²) in [7, 11) is -1.94. The monoisotopic (exact) mass is 309 g/mol. The minimum absolute atomic E-state index is 0.0267. The summed E-state index contributed by atoms with van der Waals surface area (Å²) >= 11 is 0. The second kappa shape index (κ2) is 6.94. The summed E-state index contributed by atoms with van der Waals surface area (Å²) in [5, 5.41) is 8.76. The van der Waals surface area contributed by atoms with Crippen molar-refractivity contribution in [1.29, 1.82) is 0 Å². The van der Waals surface area contributed by atoms with Gasteiger partial charge in [0.25, 0.3) is 0 Å². The molecule has 1 aliphatic heterocycles. The lowest BCUT2D eigenvalue weighted by molar-refractivity contribution is 0.305. The number of rotatable bonds is 4. The molecule has 0 aromatic heterocycles. The van der Waals surface area contributed by atoms with E-state index in [1.54, 1.807) is 12.1 Å². The van der Waals surface area contributed by atoms with E-state index in [1.165, 1.54) is 17.5 Å². The Bertz CT molecular complexity index is 652. The molecule has 0 unspecified atom stereocenters. The highest BCUT2D eigenvalue weighted by Gasteiger charge is 2.27. The maximum absolute atomic E-state index is 12.5. The van der Waals surface area contributed by atoms with Gasteiger partial charge in [-0.2, -0.15) is 4.31 Å². The number of aliphatic hydroxyl groups excluding tert-OH is 1. The Balaban J connectivity index is 2.37. The number of aliphatic hydroxyl groups is 1. The highest BCUT2D eigenvalue weighted by Crippen LogP contribution is 2.25. The fourth-order valence-corrected chi connectivity index (χ4v) is 3.78. The molecule has 1 aromatic carbocycles. The molecule has 2 rings (SSSR count). The van der Waals surface area contributed by atoms with E-state index < -0.39 is 10.0 Å². The normalized spacial score (nSPS) is 15.5. The van der Waals surface area contributed by atoms with Gasteiger partial charge in [0, 0.05) is 19.5 Å². The standard InChI is InChI=1S/C15H19NO4S/c1-20-15-8-7-14(12-13(15)6-2-5-11-17)21(18,19)16-9-3-4-10-16/h7-8,12,17H,3-5,9-11H2,1H3. The van der Waals surface area contributed by atoms with Crippen LogP contribution in [0.5, 0.6) is 5.75 Å². The first kappa shape index (κ1) is 15.8. The molecule has 6 heteroatoms. The third-order valence-corrected chi connectivity index (χ3v) is 5.23. The molecule has 1 aliphatic rings. The molecule has 0 saturated carbocycles. The second-order valence-corrected chi connectivity index (χ2v) is 6.69. The Labute approximate surface area is 125 Å². The molecule has 114 valence electrons. The third-order valence-electron chi connectivity index (χ3n) is 3.33. The minimum Gasteiger partial charge on any atom is -0.495 e. The highest BCUT2D eigenvalue weighted by atomic mass is 32.2. The van der Waals surface area contributed by atoms with Gasteiger partial charge in [0.15, 0.2) is 0 Å². The number of sulfonamides is 1. The highest BCUT2D eigenvalue weighted by molar-refractivity contribution is 7.89. The van der Waals surface area contributed by atoms with E-state index >= 15 is 0 Å². The van der Waals surface area contributed by atoms with Gasteiger partial charge in [0.1, 0.15) is 5.75 Å². The molecule has 21 heavy (non-hydrogen) atoms. The lowest BCUT2D eigenvalue weighted by Crippen LogP contribution is -2.27. The van der Waals surface area contributed by atoms with Crippen LogP contribution in [0.4, 0.5) is 0 Å². The fraction of sp³-hybridized carbons (Fsp3) is 0.467. The number of hydrogen-bond donors (Lipinski definition) is 1. The van der Waals surface area contributed by atoms with Crippen LogP contribution in [0.3, 0.4) is 0 Å². The van der Waals surface area contributed by atoms with E-state index in [2.05, 4.69) is 11.8 Å². The molecule has 0 bridgehead atoms. The molecule has 1 aromatic rings. The Hall–Kier alpha value is -1.55. The van der Waals surface area contributed by atoms with Crippen molar-refractivity contribution < 1.29 is 18.3 Å². The molecule has 1 saturated heterocycles. The van der Waals surface area contributed by atoms with Crippen LogP contribution in [0.25, 0.3) is 0 Å². The first-order chi connectivity index (χ1) is 10.1.